The van der Waals surface area contributed by atoms with E-state index in [0.717, 1.165) is 24.0 Å². The summed E-state index contributed by atoms with van der Waals surface area (Å²) in [5.41, 5.74) is 0.732. The largest absolute Gasteiger partial charge is 0.482 e. The Morgan fingerprint density at radius 1 is 1.35 bits per heavy atom. The number of benzene rings is 1. The maximum Gasteiger partial charge on any atom is 0.171 e. The number of para-hydroxylation sites is 1. The van der Waals surface area contributed by atoms with Crippen molar-refractivity contribution < 1.29 is 4.74 Å². The Balaban J connectivity index is 2.01. The van der Waals surface area contributed by atoms with Crippen molar-refractivity contribution in [2.45, 2.75) is 12.5 Å². The van der Waals surface area contributed by atoms with E-state index in [1.807, 2.05) is 30.3 Å². The number of nitrogens with zero attached hydrogens (tertiary/aromatic N) is 1. The van der Waals surface area contributed by atoms with E-state index in [9.17, 15) is 0 Å². The Morgan fingerprint density at radius 2 is 2.12 bits per heavy atom. The van der Waals surface area contributed by atoms with Crippen molar-refractivity contribution in [3.63, 3.8) is 0 Å². The summed E-state index contributed by atoms with van der Waals surface area (Å²) in [6.07, 6.45) is 0. The van der Waals surface area contributed by atoms with Gasteiger partial charge in [-0.2, -0.15) is 0 Å². The first-order valence-corrected chi connectivity index (χ1v) is 5.99. The van der Waals surface area contributed by atoms with Crippen molar-refractivity contribution in [2.24, 2.45) is 0 Å². The van der Waals surface area contributed by atoms with Crippen LogP contribution in [-0.4, -0.2) is 23.7 Å². The maximum absolute atomic E-state index is 6.13. The first kappa shape index (κ1) is 10.8. The molecule has 0 radical (unpaired) electrons. The standard InChI is InChI=1S/C13H13ClN2O/c1-13(7-15-8-13)17-11-6-9-4-2-3-5-10(9)16-12(11)14/h2-6,15H,7-8H2,1H3. The predicted molar refractivity (Wildman–Crippen MR) is 68.7 cm³/mol. The molecule has 0 amide bonds. The minimum absolute atomic E-state index is 0.159. The number of rotatable bonds is 2. The van der Waals surface area contributed by atoms with Crippen molar-refractivity contribution >= 4 is 22.5 Å². The summed E-state index contributed by atoms with van der Waals surface area (Å²) in [5.74, 6) is 0.661. The van der Waals surface area contributed by atoms with Gasteiger partial charge < -0.3 is 10.1 Å². The molecule has 0 bridgehead atoms. The minimum atomic E-state index is -0.159. The number of ether oxygens (including phenoxy) is 1. The van der Waals surface area contributed by atoms with Crippen molar-refractivity contribution in [1.29, 1.82) is 0 Å². The molecule has 2 aromatic rings. The average molecular weight is 249 g/mol. The van der Waals surface area contributed by atoms with Gasteiger partial charge in [0.2, 0.25) is 0 Å². The first-order chi connectivity index (χ1) is 8.16. The van der Waals surface area contributed by atoms with Crippen LogP contribution in [0.5, 0.6) is 5.75 Å². The lowest BCUT2D eigenvalue weighted by Crippen LogP contribution is -2.61. The van der Waals surface area contributed by atoms with Crippen LogP contribution in [0.25, 0.3) is 10.9 Å². The number of hydrogen-bond acceptors (Lipinski definition) is 3. The molecule has 1 aliphatic rings. The fourth-order valence-electron chi connectivity index (χ4n) is 1.96. The summed E-state index contributed by atoms with van der Waals surface area (Å²) in [6, 6.07) is 9.83. The zero-order chi connectivity index (χ0) is 11.9. The summed E-state index contributed by atoms with van der Waals surface area (Å²) in [4.78, 5) is 4.34. The molecule has 0 spiro atoms. The predicted octanol–water partition coefficient (Wildman–Crippen LogP) is 2.63. The lowest BCUT2D eigenvalue weighted by Gasteiger charge is -2.39. The molecule has 0 aliphatic carbocycles. The summed E-state index contributed by atoms with van der Waals surface area (Å²) in [5, 5.41) is 4.66. The normalized spacial score (nSPS) is 17.8. The molecule has 1 saturated heterocycles. The molecule has 17 heavy (non-hydrogen) atoms. The number of aromatic nitrogens is 1. The van der Waals surface area contributed by atoms with Gasteiger partial charge in [-0.15, -0.1) is 0 Å². The van der Waals surface area contributed by atoms with Crippen molar-refractivity contribution in [2.75, 3.05) is 13.1 Å². The minimum Gasteiger partial charge on any atom is -0.482 e. The molecule has 1 fully saturated rings. The van der Waals surface area contributed by atoms with E-state index < -0.39 is 0 Å². The van der Waals surface area contributed by atoms with E-state index in [0.29, 0.717) is 10.9 Å². The Kier molecular flexibility index (Phi) is 2.45. The van der Waals surface area contributed by atoms with Gasteiger partial charge in [-0.05, 0) is 19.1 Å². The fourth-order valence-corrected chi connectivity index (χ4v) is 2.14. The molecule has 1 aromatic heterocycles. The van der Waals surface area contributed by atoms with Gasteiger partial charge in [-0.1, -0.05) is 29.8 Å². The van der Waals surface area contributed by atoms with Crippen LogP contribution in [0.15, 0.2) is 30.3 Å². The van der Waals surface area contributed by atoms with Crippen LogP contribution in [0, 0.1) is 0 Å². The number of nitrogens with one attached hydrogen (secondary N) is 1. The van der Waals surface area contributed by atoms with E-state index in [4.69, 9.17) is 16.3 Å². The van der Waals surface area contributed by atoms with Crippen LogP contribution in [0.1, 0.15) is 6.92 Å². The molecule has 0 atom stereocenters. The molecule has 0 unspecified atom stereocenters. The highest BCUT2D eigenvalue weighted by Crippen LogP contribution is 2.30. The van der Waals surface area contributed by atoms with Crippen molar-refractivity contribution in [3.05, 3.63) is 35.5 Å². The fraction of sp³-hybridized carbons (Fsp3) is 0.308. The Morgan fingerprint density at radius 3 is 2.82 bits per heavy atom. The lowest BCUT2D eigenvalue weighted by atomic mass is 10.00. The number of hydrogen-bond donors (Lipinski definition) is 1. The number of pyridine rings is 1. The van der Waals surface area contributed by atoms with E-state index in [-0.39, 0.29) is 5.60 Å². The Labute approximate surface area is 105 Å². The van der Waals surface area contributed by atoms with Gasteiger partial charge in [0.05, 0.1) is 5.52 Å². The monoisotopic (exact) mass is 248 g/mol. The highest BCUT2D eigenvalue weighted by molar-refractivity contribution is 6.31. The molecule has 3 nitrogen and oxygen atoms in total. The SMILES string of the molecule is CC1(Oc2cc3ccccc3nc2Cl)CNC1. The highest BCUT2D eigenvalue weighted by atomic mass is 35.5. The van der Waals surface area contributed by atoms with Crippen LogP contribution in [0.3, 0.4) is 0 Å². The van der Waals surface area contributed by atoms with Crippen LogP contribution >= 0.6 is 11.6 Å². The van der Waals surface area contributed by atoms with Crippen LogP contribution in [-0.2, 0) is 0 Å². The van der Waals surface area contributed by atoms with Crippen molar-refractivity contribution in [1.82, 2.24) is 10.3 Å². The van der Waals surface area contributed by atoms with E-state index >= 15 is 0 Å². The van der Waals surface area contributed by atoms with E-state index in [1.165, 1.54) is 0 Å². The molecule has 88 valence electrons. The molecule has 1 aliphatic heterocycles. The van der Waals surface area contributed by atoms with Gasteiger partial charge in [-0.25, -0.2) is 4.98 Å². The number of halogens is 1. The van der Waals surface area contributed by atoms with Crippen LogP contribution < -0.4 is 10.1 Å². The molecule has 3 rings (SSSR count). The van der Waals surface area contributed by atoms with Crippen molar-refractivity contribution in [3.8, 4) is 5.75 Å². The zero-order valence-electron chi connectivity index (χ0n) is 9.53. The molecule has 1 N–H and O–H groups in total. The van der Waals surface area contributed by atoms with Crippen LogP contribution in [0.4, 0.5) is 0 Å². The second-order valence-corrected chi connectivity index (χ2v) is 4.98. The average Bonchev–Trinajstić information content (AvgIpc) is 2.28. The topological polar surface area (TPSA) is 34.1 Å². The number of fused-ring (bicyclic) bond motifs is 1. The van der Waals surface area contributed by atoms with Gasteiger partial charge in [0.15, 0.2) is 10.9 Å². The Hall–Kier alpha value is -1.32. The second kappa shape index (κ2) is 3.86. The van der Waals surface area contributed by atoms with Gasteiger partial charge in [0.1, 0.15) is 5.60 Å². The second-order valence-electron chi connectivity index (χ2n) is 4.63. The third-order valence-electron chi connectivity index (χ3n) is 3.00. The quantitative estimate of drug-likeness (QED) is 0.830. The lowest BCUT2D eigenvalue weighted by molar-refractivity contribution is 0.0348. The van der Waals surface area contributed by atoms with Gasteiger partial charge >= 0.3 is 0 Å². The smallest absolute Gasteiger partial charge is 0.171 e. The van der Waals surface area contributed by atoms with Gasteiger partial charge in [-0.3, -0.25) is 0 Å². The molecule has 4 heteroatoms. The summed E-state index contributed by atoms with van der Waals surface area (Å²) < 4.78 is 5.92. The molecule has 1 aromatic carbocycles. The van der Waals surface area contributed by atoms with Crippen LogP contribution in [0.2, 0.25) is 5.15 Å². The third-order valence-corrected chi connectivity index (χ3v) is 3.27. The third kappa shape index (κ3) is 1.96. The Bertz CT molecular complexity index is 566. The first-order valence-electron chi connectivity index (χ1n) is 5.61. The molecule has 2 heterocycles. The molecule has 0 saturated carbocycles. The maximum atomic E-state index is 6.13. The van der Waals surface area contributed by atoms with E-state index in [1.54, 1.807) is 0 Å². The van der Waals surface area contributed by atoms with Gasteiger partial charge in [0, 0.05) is 18.5 Å². The summed E-state index contributed by atoms with van der Waals surface area (Å²) >= 11 is 6.13. The summed E-state index contributed by atoms with van der Waals surface area (Å²) in [6.45, 7) is 3.75. The van der Waals surface area contributed by atoms with E-state index in [2.05, 4.69) is 17.2 Å². The summed E-state index contributed by atoms with van der Waals surface area (Å²) in [7, 11) is 0. The molecular weight excluding hydrogens is 236 g/mol. The van der Waals surface area contributed by atoms with Gasteiger partial charge in [0.25, 0.3) is 0 Å². The zero-order valence-corrected chi connectivity index (χ0v) is 10.3. The molecular formula is C13H13ClN2O. The highest BCUT2D eigenvalue weighted by Gasteiger charge is 2.34.